The summed E-state index contributed by atoms with van der Waals surface area (Å²) in [5, 5.41) is 6.26. The standard InChI is InChI=1S/C27H23N7O3S.C6H12.C4H9N/c28-26-24(25-8-7-23(16-30-25)38(36)34-11-13-37-14-12-34)17-31-27(33-26)32-21-4-1-19(2-5-21)3-6-22-15-20(18-35)9-10-29-22;1-2-4-6-5-3-1;1-5-4-2-3-4/h1-2,4-5,7-10,15-18H,11-14H2,(H3,28,31,32,33);1-6H2;4-5H,2-3H2,1H3. The largest absolute Gasteiger partial charge is 0.383 e. The molecule has 0 amide bonds. The molecule has 0 spiro atoms. The second-order valence-electron chi connectivity index (χ2n) is 11.9. The third kappa shape index (κ3) is 11.5. The Labute approximate surface area is 291 Å². The van der Waals surface area contributed by atoms with Gasteiger partial charge >= 0.3 is 0 Å². The van der Waals surface area contributed by atoms with Gasteiger partial charge in [-0.2, -0.15) is 4.98 Å². The van der Waals surface area contributed by atoms with Crippen LogP contribution in [0.4, 0.5) is 17.5 Å². The maximum atomic E-state index is 12.7. The average Bonchev–Trinajstić information content (AvgIpc) is 4.01. The van der Waals surface area contributed by atoms with E-state index in [1.54, 1.807) is 42.9 Å². The molecular weight excluding hydrogens is 637 g/mol. The molecule has 1 aliphatic heterocycles. The van der Waals surface area contributed by atoms with Gasteiger partial charge in [-0.15, -0.1) is 0 Å². The highest BCUT2D eigenvalue weighted by Crippen LogP contribution is 2.25. The van der Waals surface area contributed by atoms with Crippen LogP contribution < -0.4 is 16.4 Å². The van der Waals surface area contributed by atoms with Crippen molar-refractivity contribution in [2.24, 2.45) is 0 Å². The lowest BCUT2D eigenvalue weighted by atomic mass is 10.0. The van der Waals surface area contributed by atoms with E-state index in [1.807, 2.05) is 35.6 Å². The summed E-state index contributed by atoms with van der Waals surface area (Å²) in [6.07, 6.45) is 17.3. The van der Waals surface area contributed by atoms with Crippen LogP contribution in [-0.4, -0.2) is 74.1 Å². The molecule has 7 rings (SSSR count). The van der Waals surface area contributed by atoms with Gasteiger partial charge in [0.1, 0.15) is 28.8 Å². The van der Waals surface area contributed by atoms with E-state index in [9.17, 15) is 9.00 Å². The first kappa shape index (κ1) is 35.8. The van der Waals surface area contributed by atoms with Crippen molar-refractivity contribution in [3.63, 3.8) is 0 Å². The van der Waals surface area contributed by atoms with Gasteiger partial charge in [-0.25, -0.2) is 18.5 Å². The Kier molecular flexibility index (Phi) is 13.8. The topological polar surface area (TPSA) is 148 Å². The Balaban J connectivity index is 0.000000360. The number of carbonyl (C=O) groups is 1. The first-order valence-corrected chi connectivity index (χ1v) is 17.9. The highest BCUT2D eigenvalue weighted by atomic mass is 32.2. The Bertz CT molecular complexity index is 1720. The van der Waals surface area contributed by atoms with Gasteiger partial charge in [0, 0.05) is 54.5 Å². The summed E-state index contributed by atoms with van der Waals surface area (Å²) in [5.74, 6) is 6.58. The molecule has 4 aromatic rings. The van der Waals surface area contributed by atoms with Gasteiger partial charge in [-0.05, 0) is 74.3 Å². The van der Waals surface area contributed by atoms with Crippen molar-refractivity contribution in [1.29, 1.82) is 0 Å². The summed E-state index contributed by atoms with van der Waals surface area (Å²) < 4.78 is 19.9. The van der Waals surface area contributed by atoms with Gasteiger partial charge in [0.2, 0.25) is 5.95 Å². The minimum Gasteiger partial charge on any atom is -0.383 e. The van der Waals surface area contributed by atoms with Crippen LogP contribution in [0.1, 0.15) is 73.0 Å². The molecule has 11 nitrogen and oxygen atoms in total. The first-order chi connectivity index (χ1) is 24.0. The molecule has 3 aliphatic rings. The summed E-state index contributed by atoms with van der Waals surface area (Å²) in [6.45, 7) is 2.38. The van der Waals surface area contributed by atoms with Crippen molar-refractivity contribution in [3.8, 4) is 23.1 Å². The zero-order chi connectivity index (χ0) is 34.3. The van der Waals surface area contributed by atoms with Gasteiger partial charge < -0.3 is 21.1 Å². The van der Waals surface area contributed by atoms with Gasteiger partial charge in [-0.3, -0.25) is 9.78 Å². The number of carbonyl (C=O) groups excluding carboxylic acids is 1. The van der Waals surface area contributed by atoms with Crippen LogP contribution >= 0.6 is 0 Å². The molecule has 4 heterocycles. The molecule has 0 bridgehead atoms. The maximum Gasteiger partial charge on any atom is 0.229 e. The molecular formula is C37H44N8O3S. The zero-order valence-electron chi connectivity index (χ0n) is 27.9. The Morgan fingerprint density at radius 2 is 1.63 bits per heavy atom. The summed E-state index contributed by atoms with van der Waals surface area (Å²) in [4.78, 5) is 28.8. The third-order valence-corrected chi connectivity index (χ3v) is 9.60. The summed E-state index contributed by atoms with van der Waals surface area (Å²) in [5.41, 5.74) is 9.97. The highest BCUT2D eigenvalue weighted by molar-refractivity contribution is 7.82. The minimum atomic E-state index is -1.29. The van der Waals surface area contributed by atoms with Crippen molar-refractivity contribution in [1.82, 2.24) is 29.6 Å². The van der Waals surface area contributed by atoms with Crippen molar-refractivity contribution < 1.29 is 13.7 Å². The molecule has 1 saturated heterocycles. The number of aromatic nitrogens is 4. The minimum absolute atomic E-state index is 0.268. The molecule has 0 radical (unpaired) electrons. The van der Waals surface area contributed by atoms with Gasteiger partial charge in [-0.1, -0.05) is 44.4 Å². The van der Waals surface area contributed by atoms with E-state index in [0.29, 0.717) is 59.7 Å². The van der Waals surface area contributed by atoms with Crippen LogP contribution in [0.5, 0.6) is 0 Å². The van der Waals surface area contributed by atoms with Crippen molar-refractivity contribution in [2.75, 3.05) is 44.4 Å². The molecule has 2 saturated carbocycles. The van der Waals surface area contributed by atoms with Crippen LogP contribution in [-0.2, 0) is 15.7 Å². The van der Waals surface area contributed by atoms with Gasteiger partial charge in [0.15, 0.2) is 0 Å². The second-order valence-corrected chi connectivity index (χ2v) is 13.4. The van der Waals surface area contributed by atoms with Crippen molar-refractivity contribution in [2.45, 2.75) is 62.3 Å². The lowest BCUT2D eigenvalue weighted by molar-refractivity contribution is 0.0752. The fourth-order valence-electron chi connectivity index (χ4n) is 5.08. The number of anilines is 3. The Morgan fingerprint density at radius 3 is 2.20 bits per heavy atom. The van der Waals surface area contributed by atoms with E-state index < -0.39 is 11.0 Å². The van der Waals surface area contributed by atoms with E-state index in [-0.39, 0.29) is 5.82 Å². The number of rotatable bonds is 7. The number of morpholine rings is 1. The van der Waals surface area contributed by atoms with E-state index in [0.717, 1.165) is 23.6 Å². The van der Waals surface area contributed by atoms with Crippen molar-refractivity contribution in [3.05, 3.63) is 83.9 Å². The van der Waals surface area contributed by atoms with Crippen LogP contribution in [0.25, 0.3) is 11.3 Å². The number of ether oxygens (including phenoxy) is 1. The van der Waals surface area contributed by atoms with Crippen LogP contribution in [0.3, 0.4) is 0 Å². The molecule has 3 aromatic heterocycles. The van der Waals surface area contributed by atoms with E-state index in [2.05, 4.69) is 42.4 Å². The van der Waals surface area contributed by atoms with E-state index in [1.165, 1.54) is 51.4 Å². The first-order valence-electron chi connectivity index (χ1n) is 16.8. The number of benzene rings is 1. The Morgan fingerprint density at radius 1 is 0.918 bits per heavy atom. The number of nitrogens with two attached hydrogens (primary N) is 1. The number of nitrogen functional groups attached to an aromatic ring is 1. The molecule has 1 atom stereocenters. The molecule has 4 N–H and O–H groups in total. The van der Waals surface area contributed by atoms with Gasteiger partial charge in [0.25, 0.3) is 0 Å². The lowest BCUT2D eigenvalue weighted by Gasteiger charge is -2.25. The zero-order valence-corrected chi connectivity index (χ0v) is 28.8. The highest BCUT2D eigenvalue weighted by Gasteiger charge is 2.19. The fraction of sp³-hybridized carbons (Fsp3) is 0.378. The molecule has 2 aliphatic carbocycles. The predicted molar refractivity (Wildman–Crippen MR) is 194 cm³/mol. The number of hydrogen-bond acceptors (Lipinski definition) is 10. The Hall–Kier alpha value is -4.54. The van der Waals surface area contributed by atoms with Crippen LogP contribution in [0, 0.1) is 11.8 Å². The summed E-state index contributed by atoms with van der Waals surface area (Å²) in [6, 6.07) is 15.1. The van der Waals surface area contributed by atoms with Crippen LogP contribution in [0.2, 0.25) is 0 Å². The lowest BCUT2D eigenvalue weighted by Crippen LogP contribution is -2.37. The molecule has 3 fully saturated rings. The number of pyridine rings is 2. The monoisotopic (exact) mass is 680 g/mol. The van der Waals surface area contributed by atoms with Crippen LogP contribution in [0.15, 0.2) is 72.0 Å². The third-order valence-electron chi connectivity index (χ3n) is 8.12. The van der Waals surface area contributed by atoms with Gasteiger partial charge in [0.05, 0.1) is 29.4 Å². The summed E-state index contributed by atoms with van der Waals surface area (Å²) >= 11 is 0. The molecule has 256 valence electrons. The number of aldehydes is 1. The second kappa shape index (κ2) is 18.9. The normalized spacial score (nSPS) is 16.3. The molecule has 12 heteroatoms. The molecule has 49 heavy (non-hydrogen) atoms. The molecule has 1 aromatic carbocycles. The number of hydrogen-bond donors (Lipinski definition) is 3. The SMILES string of the molecule is C1CCCCC1.CNC1CC1.Nc1nc(Nc2ccc(C#Cc3cc(C=O)ccn3)cc2)ncc1-c1ccc(S(=O)N2CCOCC2)cn1. The smallest absolute Gasteiger partial charge is 0.229 e. The number of nitrogens with zero attached hydrogens (tertiary/aromatic N) is 5. The molecule has 1 unspecified atom stereocenters. The average molecular weight is 681 g/mol. The van der Waals surface area contributed by atoms with E-state index in [4.69, 9.17) is 10.5 Å². The van der Waals surface area contributed by atoms with E-state index >= 15 is 0 Å². The number of nitrogens with one attached hydrogen (secondary N) is 2. The van der Waals surface area contributed by atoms with Crippen molar-refractivity contribution >= 4 is 34.7 Å². The predicted octanol–water partition coefficient (Wildman–Crippen LogP) is 5.54. The maximum absolute atomic E-state index is 12.7. The quantitative estimate of drug-likeness (QED) is 0.168. The summed E-state index contributed by atoms with van der Waals surface area (Å²) in [7, 11) is 0.725. The fourth-order valence-corrected chi connectivity index (χ4v) is 6.19.